The number of hydrogen-bond acceptors (Lipinski definition) is 4. The highest BCUT2D eigenvalue weighted by Gasteiger charge is 2.31. The molecule has 1 aliphatic heterocycles. The van der Waals surface area contributed by atoms with Crippen LogP contribution in [0.4, 0.5) is 13.2 Å². The smallest absolute Gasteiger partial charge is 0.417 e. The van der Waals surface area contributed by atoms with Gasteiger partial charge in [0.05, 0.1) is 5.56 Å². The predicted molar refractivity (Wildman–Crippen MR) is 93.5 cm³/mol. The molecule has 1 aliphatic rings. The molecular formula is C19H20F3N3O2. The minimum Gasteiger partial charge on any atom is -0.439 e. The quantitative estimate of drug-likeness (QED) is 0.880. The van der Waals surface area contributed by atoms with Crippen molar-refractivity contribution in [2.45, 2.75) is 38.0 Å². The SMILES string of the molecule is C[C@H]1C[C@H](N)CCN1C(=O)c1ccc(Oc2ccc(C(F)(F)F)cn2)cc1. The van der Waals surface area contributed by atoms with Crippen LogP contribution in [0.2, 0.25) is 0 Å². The number of pyridine rings is 1. The summed E-state index contributed by atoms with van der Waals surface area (Å²) >= 11 is 0. The third-order valence-electron chi connectivity index (χ3n) is 4.56. The monoisotopic (exact) mass is 379 g/mol. The molecule has 2 N–H and O–H groups in total. The highest BCUT2D eigenvalue weighted by atomic mass is 19.4. The van der Waals surface area contributed by atoms with Crippen molar-refractivity contribution in [2.75, 3.05) is 6.54 Å². The number of hydrogen-bond donors (Lipinski definition) is 1. The number of halogens is 3. The largest absolute Gasteiger partial charge is 0.439 e. The molecule has 0 saturated carbocycles. The molecule has 0 unspecified atom stereocenters. The van der Waals surface area contributed by atoms with E-state index in [9.17, 15) is 18.0 Å². The van der Waals surface area contributed by atoms with Gasteiger partial charge in [0.25, 0.3) is 5.91 Å². The Hall–Kier alpha value is -2.61. The summed E-state index contributed by atoms with van der Waals surface area (Å²) < 4.78 is 43.1. The van der Waals surface area contributed by atoms with Crippen molar-refractivity contribution in [2.24, 2.45) is 5.73 Å². The van der Waals surface area contributed by atoms with Gasteiger partial charge in [-0.05, 0) is 50.1 Å². The molecule has 1 fully saturated rings. The number of likely N-dealkylation sites (tertiary alicyclic amines) is 1. The Morgan fingerprint density at radius 3 is 2.48 bits per heavy atom. The Bertz CT molecular complexity index is 791. The van der Waals surface area contributed by atoms with Gasteiger partial charge in [0.2, 0.25) is 5.88 Å². The van der Waals surface area contributed by atoms with E-state index in [1.807, 2.05) is 6.92 Å². The molecule has 1 aromatic carbocycles. The van der Waals surface area contributed by atoms with E-state index in [0.29, 0.717) is 17.9 Å². The summed E-state index contributed by atoms with van der Waals surface area (Å²) in [5.41, 5.74) is 5.61. The van der Waals surface area contributed by atoms with E-state index in [1.54, 1.807) is 29.2 Å². The fourth-order valence-corrected chi connectivity index (χ4v) is 3.07. The van der Waals surface area contributed by atoms with Crippen LogP contribution in [0.1, 0.15) is 35.7 Å². The fourth-order valence-electron chi connectivity index (χ4n) is 3.07. The second-order valence-corrected chi connectivity index (χ2v) is 6.64. The van der Waals surface area contributed by atoms with Crippen LogP contribution in [0.15, 0.2) is 42.6 Å². The van der Waals surface area contributed by atoms with Gasteiger partial charge in [-0.25, -0.2) is 4.98 Å². The number of carbonyl (C=O) groups excluding carboxylic acids is 1. The third-order valence-corrected chi connectivity index (χ3v) is 4.56. The minimum absolute atomic E-state index is 0.0423. The van der Waals surface area contributed by atoms with Crippen LogP contribution in [0, 0.1) is 0 Å². The van der Waals surface area contributed by atoms with Crippen LogP contribution in [0.25, 0.3) is 0 Å². The van der Waals surface area contributed by atoms with Crippen molar-refractivity contribution >= 4 is 5.91 Å². The number of aromatic nitrogens is 1. The summed E-state index contributed by atoms with van der Waals surface area (Å²) in [6.07, 6.45) is -2.18. The Labute approximate surface area is 154 Å². The molecule has 2 atom stereocenters. The van der Waals surface area contributed by atoms with Crippen LogP contribution < -0.4 is 10.5 Å². The maximum absolute atomic E-state index is 12.6. The first kappa shape index (κ1) is 19.2. The molecule has 3 rings (SSSR count). The number of carbonyl (C=O) groups is 1. The summed E-state index contributed by atoms with van der Waals surface area (Å²) in [7, 11) is 0. The van der Waals surface area contributed by atoms with Crippen LogP contribution >= 0.6 is 0 Å². The van der Waals surface area contributed by atoms with Gasteiger partial charge in [-0.3, -0.25) is 4.79 Å². The lowest BCUT2D eigenvalue weighted by Crippen LogP contribution is -2.48. The molecular weight excluding hydrogens is 359 g/mol. The highest BCUT2D eigenvalue weighted by molar-refractivity contribution is 5.94. The molecule has 1 aromatic heterocycles. The number of benzene rings is 1. The zero-order valence-electron chi connectivity index (χ0n) is 14.7. The van der Waals surface area contributed by atoms with Crippen LogP contribution in [-0.2, 0) is 6.18 Å². The molecule has 0 spiro atoms. The van der Waals surface area contributed by atoms with Gasteiger partial charge in [-0.15, -0.1) is 0 Å². The first-order valence-electron chi connectivity index (χ1n) is 8.62. The maximum Gasteiger partial charge on any atom is 0.417 e. The van der Waals surface area contributed by atoms with E-state index < -0.39 is 11.7 Å². The maximum atomic E-state index is 12.6. The van der Waals surface area contributed by atoms with Gasteiger partial charge >= 0.3 is 6.18 Å². The van der Waals surface area contributed by atoms with Gasteiger partial charge in [0, 0.05) is 36.5 Å². The number of rotatable bonds is 3. The topological polar surface area (TPSA) is 68.5 Å². The van der Waals surface area contributed by atoms with Gasteiger partial charge in [-0.2, -0.15) is 13.2 Å². The van der Waals surface area contributed by atoms with Crippen LogP contribution in [-0.4, -0.2) is 34.4 Å². The van der Waals surface area contributed by atoms with Crippen molar-refractivity contribution in [3.63, 3.8) is 0 Å². The van der Waals surface area contributed by atoms with E-state index >= 15 is 0 Å². The molecule has 1 amide bonds. The van der Waals surface area contributed by atoms with Crippen LogP contribution in [0.5, 0.6) is 11.6 Å². The first-order chi connectivity index (χ1) is 12.7. The third kappa shape index (κ3) is 4.57. The Kier molecular flexibility index (Phi) is 5.36. The number of piperidine rings is 1. The number of ether oxygens (including phenoxy) is 1. The second-order valence-electron chi connectivity index (χ2n) is 6.64. The average Bonchev–Trinajstić information content (AvgIpc) is 2.61. The van der Waals surface area contributed by atoms with E-state index in [-0.39, 0.29) is 23.9 Å². The summed E-state index contributed by atoms with van der Waals surface area (Å²) in [5.74, 6) is 0.349. The molecule has 2 aromatic rings. The van der Waals surface area contributed by atoms with Crippen molar-refractivity contribution in [1.29, 1.82) is 0 Å². The molecule has 8 heteroatoms. The Morgan fingerprint density at radius 2 is 1.93 bits per heavy atom. The van der Waals surface area contributed by atoms with Crippen molar-refractivity contribution in [1.82, 2.24) is 9.88 Å². The van der Waals surface area contributed by atoms with E-state index in [2.05, 4.69) is 4.98 Å². The predicted octanol–water partition coefficient (Wildman–Crippen LogP) is 3.84. The first-order valence-corrected chi connectivity index (χ1v) is 8.62. The van der Waals surface area contributed by atoms with Gasteiger partial charge in [0.15, 0.2) is 0 Å². The molecule has 5 nitrogen and oxygen atoms in total. The Balaban J connectivity index is 1.66. The second kappa shape index (κ2) is 7.56. The van der Waals surface area contributed by atoms with Gasteiger partial charge in [-0.1, -0.05) is 0 Å². The van der Waals surface area contributed by atoms with Crippen molar-refractivity contribution in [3.05, 3.63) is 53.7 Å². The molecule has 144 valence electrons. The lowest BCUT2D eigenvalue weighted by molar-refractivity contribution is -0.137. The lowest BCUT2D eigenvalue weighted by Gasteiger charge is -2.36. The van der Waals surface area contributed by atoms with E-state index in [4.69, 9.17) is 10.5 Å². The van der Waals surface area contributed by atoms with Gasteiger partial charge in [0.1, 0.15) is 5.75 Å². The molecule has 2 heterocycles. The molecule has 27 heavy (non-hydrogen) atoms. The summed E-state index contributed by atoms with van der Waals surface area (Å²) in [5, 5.41) is 0. The van der Waals surface area contributed by atoms with E-state index in [0.717, 1.165) is 31.2 Å². The normalized spacial score (nSPS) is 20.4. The number of amides is 1. The molecule has 0 radical (unpaired) electrons. The summed E-state index contributed by atoms with van der Waals surface area (Å²) in [4.78, 5) is 18.1. The van der Waals surface area contributed by atoms with Crippen LogP contribution in [0.3, 0.4) is 0 Å². The zero-order valence-corrected chi connectivity index (χ0v) is 14.7. The lowest BCUT2D eigenvalue weighted by atomic mass is 9.98. The Morgan fingerprint density at radius 1 is 1.22 bits per heavy atom. The molecule has 1 saturated heterocycles. The summed E-state index contributed by atoms with van der Waals surface area (Å²) in [6, 6.07) is 8.69. The minimum atomic E-state index is -4.44. The highest BCUT2D eigenvalue weighted by Crippen LogP contribution is 2.30. The van der Waals surface area contributed by atoms with E-state index in [1.165, 1.54) is 0 Å². The number of nitrogens with zero attached hydrogens (tertiary/aromatic N) is 2. The molecule has 0 aliphatic carbocycles. The van der Waals surface area contributed by atoms with Gasteiger partial charge < -0.3 is 15.4 Å². The number of nitrogens with two attached hydrogens (primary N) is 1. The zero-order chi connectivity index (χ0) is 19.6. The standard InChI is InChI=1S/C19H20F3N3O2/c1-12-10-15(23)8-9-25(12)18(26)13-2-5-16(6-3-13)27-17-7-4-14(11-24-17)19(20,21)22/h2-7,11-12,15H,8-10,23H2,1H3/t12-,15+/m0/s1. The fraction of sp³-hybridized carbons (Fsp3) is 0.368. The van der Waals surface area contributed by atoms with Crippen molar-refractivity contribution in [3.8, 4) is 11.6 Å². The summed E-state index contributed by atoms with van der Waals surface area (Å²) in [6.45, 7) is 2.60. The number of alkyl halides is 3. The average molecular weight is 379 g/mol. The molecule has 0 bridgehead atoms. The van der Waals surface area contributed by atoms with Crippen molar-refractivity contribution < 1.29 is 22.7 Å².